The Kier molecular flexibility index (Phi) is 3.99. The van der Waals surface area contributed by atoms with E-state index in [2.05, 4.69) is 4.90 Å². The van der Waals surface area contributed by atoms with Crippen LogP contribution in [0.5, 0.6) is 5.75 Å². The Morgan fingerprint density at radius 2 is 2.22 bits per heavy atom. The third kappa shape index (κ3) is 2.71. The molecule has 1 heterocycles. The predicted molar refractivity (Wildman–Crippen MR) is 68.9 cm³/mol. The van der Waals surface area contributed by atoms with E-state index in [1.807, 2.05) is 12.1 Å². The fourth-order valence-corrected chi connectivity index (χ4v) is 2.28. The first kappa shape index (κ1) is 13.1. The molecule has 0 spiro atoms. The van der Waals surface area contributed by atoms with E-state index in [1.54, 1.807) is 20.1 Å². The van der Waals surface area contributed by atoms with Gasteiger partial charge < -0.3 is 9.84 Å². The Labute approximate surface area is 107 Å². The zero-order valence-electron chi connectivity index (χ0n) is 10.8. The number of methoxy groups -OCH3 is 1. The quantitative estimate of drug-likeness (QED) is 0.800. The molecule has 1 aromatic carbocycles. The van der Waals surface area contributed by atoms with Crippen molar-refractivity contribution in [2.24, 2.45) is 5.92 Å². The molecule has 0 saturated carbocycles. The van der Waals surface area contributed by atoms with Gasteiger partial charge in [0.05, 0.1) is 7.11 Å². The third-order valence-corrected chi connectivity index (χ3v) is 3.37. The van der Waals surface area contributed by atoms with Gasteiger partial charge in [-0.25, -0.2) is 0 Å². The van der Waals surface area contributed by atoms with Crippen molar-refractivity contribution in [1.29, 1.82) is 0 Å². The molecule has 0 amide bonds. The van der Waals surface area contributed by atoms with Crippen LogP contribution in [0.1, 0.15) is 22.8 Å². The highest BCUT2D eigenvalue weighted by atomic mass is 16.5. The molecule has 0 atom stereocenters. The second-order valence-electron chi connectivity index (χ2n) is 4.83. The number of benzene rings is 1. The summed E-state index contributed by atoms with van der Waals surface area (Å²) in [6, 6.07) is 5.53. The number of hydrogen-bond donors (Lipinski definition) is 1. The summed E-state index contributed by atoms with van der Waals surface area (Å²) >= 11 is 0. The molecule has 1 aromatic rings. The van der Waals surface area contributed by atoms with E-state index >= 15 is 0 Å². The maximum absolute atomic E-state index is 11.4. The van der Waals surface area contributed by atoms with Crippen LogP contribution < -0.4 is 4.74 Å². The van der Waals surface area contributed by atoms with Gasteiger partial charge in [0.15, 0.2) is 5.78 Å². The minimum atomic E-state index is 0.0655. The van der Waals surface area contributed by atoms with Gasteiger partial charge in [-0.3, -0.25) is 9.69 Å². The highest BCUT2D eigenvalue weighted by Gasteiger charge is 2.26. The lowest BCUT2D eigenvalue weighted by Crippen LogP contribution is -2.47. The largest absolute Gasteiger partial charge is 0.496 e. The van der Waals surface area contributed by atoms with Gasteiger partial charge in [-0.15, -0.1) is 0 Å². The molecule has 1 N–H and O–H groups in total. The van der Waals surface area contributed by atoms with E-state index in [1.165, 1.54) is 0 Å². The lowest BCUT2D eigenvalue weighted by Gasteiger charge is -2.38. The summed E-state index contributed by atoms with van der Waals surface area (Å²) in [5.74, 6) is 1.27. The van der Waals surface area contributed by atoms with Crippen molar-refractivity contribution in [2.45, 2.75) is 13.5 Å². The van der Waals surface area contributed by atoms with Crippen molar-refractivity contribution >= 4 is 5.78 Å². The number of hydrogen-bond acceptors (Lipinski definition) is 4. The Morgan fingerprint density at radius 3 is 2.78 bits per heavy atom. The number of ketones is 1. The SMILES string of the molecule is COc1ccc(C(C)=O)cc1CN1CC(CO)C1. The van der Waals surface area contributed by atoms with Gasteiger partial charge >= 0.3 is 0 Å². The Morgan fingerprint density at radius 1 is 1.50 bits per heavy atom. The van der Waals surface area contributed by atoms with Gasteiger partial charge in [-0.1, -0.05) is 0 Å². The van der Waals surface area contributed by atoms with Crippen molar-refractivity contribution in [3.63, 3.8) is 0 Å². The normalized spacial score (nSPS) is 16.4. The molecule has 4 heteroatoms. The van der Waals surface area contributed by atoms with E-state index in [0.29, 0.717) is 11.5 Å². The number of carbonyl (C=O) groups is 1. The first-order valence-electron chi connectivity index (χ1n) is 6.15. The molecule has 0 aliphatic carbocycles. The highest BCUT2D eigenvalue weighted by Crippen LogP contribution is 2.25. The van der Waals surface area contributed by atoms with Crippen LogP contribution in [-0.2, 0) is 6.54 Å². The lowest BCUT2D eigenvalue weighted by atomic mass is 9.99. The number of likely N-dealkylation sites (tertiary alicyclic amines) is 1. The number of nitrogens with zero attached hydrogens (tertiary/aromatic N) is 1. The topological polar surface area (TPSA) is 49.8 Å². The van der Waals surface area contributed by atoms with Crippen LogP contribution in [0.15, 0.2) is 18.2 Å². The standard InChI is InChI=1S/C14H19NO3/c1-10(17)12-3-4-14(18-2)13(5-12)8-15-6-11(7-15)9-16/h3-5,11,16H,6-9H2,1-2H3. The molecule has 0 radical (unpaired) electrons. The average molecular weight is 249 g/mol. The number of aliphatic hydroxyl groups is 1. The van der Waals surface area contributed by atoms with E-state index in [9.17, 15) is 4.79 Å². The summed E-state index contributed by atoms with van der Waals surface area (Å²) in [6.45, 7) is 4.40. The molecule has 18 heavy (non-hydrogen) atoms. The number of rotatable bonds is 5. The molecule has 98 valence electrons. The Bertz CT molecular complexity index is 439. The summed E-state index contributed by atoms with van der Waals surface area (Å²) in [5.41, 5.74) is 1.74. The second-order valence-corrected chi connectivity index (χ2v) is 4.83. The number of aliphatic hydroxyl groups excluding tert-OH is 1. The predicted octanol–water partition coefficient (Wildman–Crippen LogP) is 1.32. The van der Waals surface area contributed by atoms with Crippen LogP contribution in [-0.4, -0.2) is 42.6 Å². The highest BCUT2D eigenvalue weighted by molar-refractivity contribution is 5.94. The van der Waals surface area contributed by atoms with Gasteiger partial charge in [-0.2, -0.15) is 0 Å². The lowest BCUT2D eigenvalue weighted by molar-refractivity contribution is 0.0474. The zero-order valence-corrected chi connectivity index (χ0v) is 10.8. The molecule has 0 aromatic heterocycles. The number of Topliss-reactive ketones (excluding diaryl/α,β-unsaturated/α-hetero) is 1. The molecule has 0 bridgehead atoms. The van der Waals surface area contributed by atoms with Gasteiger partial charge in [0, 0.05) is 43.3 Å². The molecule has 0 unspecified atom stereocenters. The average Bonchev–Trinajstić information content (AvgIpc) is 2.32. The minimum absolute atomic E-state index is 0.0655. The van der Waals surface area contributed by atoms with Gasteiger partial charge in [0.1, 0.15) is 5.75 Å². The van der Waals surface area contributed by atoms with Crippen LogP contribution in [0, 0.1) is 5.92 Å². The zero-order chi connectivity index (χ0) is 13.1. The van der Waals surface area contributed by atoms with Crippen molar-refractivity contribution in [3.8, 4) is 5.75 Å². The Hall–Kier alpha value is -1.39. The molecule has 2 rings (SSSR count). The summed E-state index contributed by atoms with van der Waals surface area (Å²) < 4.78 is 5.32. The maximum Gasteiger partial charge on any atom is 0.159 e. The fraction of sp³-hybridized carbons (Fsp3) is 0.500. The van der Waals surface area contributed by atoms with Gasteiger partial charge in [-0.05, 0) is 25.1 Å². The van der Waals surface area contributed by atoms with Crippen LogP contribution in [0.4, 0.5) is 0 Å². The fourth-order valence-electron chi connectivity index (χ4n) is 2.28. The number of carbonyl (C=O) groups excluding carboxylic acids is 1. The molecule has 1 aliphatic heterocycles. The number of ether oxygens (including phenoxy) is 1. The maximum atomic E-state index is 11.4. The monoisotopic (exact) mass is 249 g/mol. The summed E-state index contributed by atoms with van der Waals surface area (Å²) in [7, 11) is 1.64. The van der Waals surface area contributed by atoms with Crippen molar-refractivity contribution in [2.75, 3.05) is 26.8 Å². The van der Waals surface area contributed by atoms with Crippen LogP contribution >= 0.6 is 0 Å². The van der Waals surface area contributed by atoms with Crippen LogP contribution in [0.3, 0.4) is 0 Å². The summed E-state index contributed by atoms with van der Waals surface area (Å²) in [4.78, 5) is 13.6. The van der Waals surface area contributed by atoms with Gasteiger partial charge in [0.2, 0.25) is 0 Å². The van der Waals surface area contributed by atoms with Crippen LogP contribution in [0.25, 0.3) is 0 Å². The van der Waals surface area contributed by atoms with Crippen molar-refractivity contribution < 1.29 is 14.6 Å². The summed E-state index contributed by atoms with van der Waals surface area (Å²) in [6.07, 6.45) is 0. The van der Waals surface area contributed by atoms with E-state index < -0.39 is 0 Å². The van der Waals surface area contributed by atoms with Crippen molar-refractivity contribution in [1.82, 2.24) is 4.90 Å². The van der Waals surface area contributed by atoms with Gasteiger partial charge in [0.25, 0.3) is 0 Å². The molecular weight excluding hydrogens is 230 g/mol. The van der Waals surface area contributed by atoms with Crippen molar-refractivity contribution in [3.05, 3.63) is 29.3 Å². The first-order chi connectivity index (χ1) is 8.63. The third-order valence-electron chi connectivity index (χ3n) is 3.37. The molecule has 1 aliphatic rings. The smallest absolute Gasteiger partial charge is 0.159 e. The first-order valence-corrected chi connectivity index (χ1v) is 6.15. The van der Waals surface area contributed by atoms with E-state index in [0.717, 1.165) is 30.9 Å². The molecule has 1 fully saturated rings. The second kappa shape index (κ2) is 5.50. The van der Waals surface area contributed by atoms with E-state index in [4.69, 9.17) is 9.84 Å². The molecular formula is C14H19NO3. The molecule has 4 nitrogen and oxygen atoms in total. The molecule has 1 saturated heterocycles. The van der Waals surface area contributed by atoms with E-state index in [-0.39, 0.29) is 12.4 Å². The minimum Gasteiger partial charge on any atom is -0.496 e. The van der Waals surface area contributed by atoms with Crippen LogP contribution in [0.2, 0.25) is 0 Å². The Balaban J connectivity index is 2.10. The summed E-state index contributed by atoms with van der Waals surface area (Å²) in [5, 5.41) is 8.99.